The topological polar surface area (TPSA) is 55.2 Å². The number of hydrogen-bond donors (Lipinski definition) is 0. The van der Waals surface area contributed by atoms with Crippen LogP contribution in [-0.4, -0.2) is 26.6 Å². The molecule has 5 nitrogen and oxygen atoms in total. The van der Waals surface area contributed by atoms with Crippen LogP contribution >= 0.6 is 11.6 Å². The lowest BCUT2D eigenvalue weighted by Gasteiger charge is -2.41. The van der Waals surface area contributed by atoms with Gasteiger partial charge in [0.05, 0.1) is 6.54 Å². The molecule has 0 bridgehead atoms. The van der Waals surface area contributed by atoms with Crippen LogP contribution in [0.25, 0.3) is 0 Å². The number of aryl methyl sites for hydroxylation is 1. The Labute approximate surface area is 169 Å². The minimum absolute atomic E-state index is 0.0500. The number of aromatic nitrogens is 2. The van der Waals surface area contributed by atoms with Crippen LogP contribution in [0.3, 0.4) is 0 Å². The van der Waals surface area contributed by atoms with Gasteiger partial charge in [-0.1, -0.05) is 44.4 Å². The van der Waals surface area contributed by atoms with Gasteiger partial charge in [-0.3, -0.25) is 9.59 Å². The minimum atomic E-state index is -0.435. The lowest BCUT2D eigenvalue weighted by molar-refractivity contribution is 0.0438. The lowest BCUT2D eigenvalue weighted by Crippen LogP contribution is -2.47. The molecule has 1 fully saturated rings. The molecular weight excluding hydrogens is 381 g/mol. The summed E-state index contributed by atoms with van der Waals surface area (Å²) in [6, 6.07) is 7.22. The number of rotatable bonds is 4. The van der Waals surface area contributed by atoms with Gasteiger partial charge >= 0.3 is 0 Å². The summed E-state index contributed by atoms with van der Waals surface area (Å²) in [6.45, 7) is 4.38. The summed E-state index contributed by atoms with van der Waals surface area (Å²) in [4.78, 5) is 26.7. The fourth-order valence-corrected chi connectivity index (χ4v) is 4.17. The first-order chi connectivity index (χ1) is 13.3. The molecule has 1 amide bonds. The van der Waals surface area contributed by atoms with Crippen molar-refractivity contribution in [3.05, 3.63) is 62.8 Å². The van der Waals surface area contributed by atoms with E-state index in [0.717, 1.165) is 23.9 Å². The van der Waals surface area contributed by atoms with Crippen LogP contribution in [0, 0.1) is 17.7 Å². The molecule has 1 saturated carbocycles. The van der Waals surface area contributed by atoms with Gasteiger partial charge in [0.25, 0.3) is 11.5 Å². The highest BCUT2D eigenvalue weighted by Gasteiger charge is 2.35. The molecule has 150 valence electrons. The average molecular weight is 406 g/mol. The first kappa shape index (κ1) is 20.5. The quantitative estimate of drug-likeness (QED) is 0.771. The van der Waals surface area contributed by atoms with Crippen LogP contribution in [0.4, 0.5) is 4.39 Å². The monoisotopic (exact) mass is 405 g/mol. The van der Waals surface area contributed by atoms with Crippen molar-refractivity contribution in [2.24, 2.45) is 18.9 Å². The largest absolute Gasteiger partial charge is 0.330 e. The van der Waals surface area contributed by atoms with E-state index >= 15 is 0 Å². The molecule has 3 atom stereocenters. The number of halogens is 2. The van der Waals surface area contributed by atoms with Gasteiger partial charge in [0.1, 0.15) is 11.5 Å². The first-order valence-corrected chi connectivity index (χ1v) is 9.95. The van der Waals surface area contributed by atoms with Gasteiger partial charge in [0.15, 0.2) is 0 Å². The predicted molar refractivity (Wildman–Crippen MR) is 107 cm³/mol. The third-order valence-electron chi connectivity index (χ3n) is 5.89. The maximum absolute atomic E-state index is 14.5. The Morgan fingerprint density at radius 2 is 2.04 bits per heavy atom. The Kier molecular flexibility index (Phi) is 6.18. The molecular formula is C21H25ClFN3O2. The van der Waals surface area contributed by atoms with Gasteiger partial charge in [-0.05, 0) is 36.5 Å². The Bertz CT molecular complexity index is 910. The standard InChI is InChI=1S/C21H25ClFN3O2/c1-13-6-4-9-19(14(13)2)26(12-15-16(22)7-5-8-17(15)23)21(28)18-10-11-20(27)25(3)24-18/h5,7-8,10-11,13-14,19H,4,6,9,12H2,1-3H3/t13-,14-,19+/m1/s1. The Morgan fingerprint density at radius 3 is 2.71 bits per heavy atom. The second-order valence-electron chi connectivity index (χ2n) is 7.65. The number of carbonyl (C=O) groups excluding carboxylic acids is 1. The van der Waals surface area contributed by atoms with Crippen LogP contribution in [0.1, 0.15) is 49.2 Å². The lowest BCUT2D eigenvalue weighted by atomic mass is 9.77. The minimum Gasteiger partial charge on any atom is -0.330 e. The molecule has 7 heteroatoms. The third kappa shape index (κ3) is 4.12. The van der Waals surface area contributed by atoms with Gasteiger partial charge in [0, 0.05) is 29.7 Å². The number of nitrogens with zero attached hydrogens (tertiary/aromatic N) is 3. The molecule has 1 heterocycles. The van der Waals surface area contributed by atoms with Crippen LogP contribution in [0.5, 0.6) is 0 Å². The van der Waals surface area contributed by atoms with E-state index < -0.39 is 5.82 Å². The highest BCUT2D eigenvalue weighted by molar-refractivity contribution is 6.31. The van der Waals surface area contributed by atoms with E-state index in [2.05, 4.69) is 18.9 Å². The highest BCUT2D eigenvalue weighted by Crippen LogP contribution is 2.35. The van der Waals surface area contributed by atoms with Gasteiger partial charge < -0.3 is 4.90 Å². The number of carbonyl (C=O) groups is 1. The van der Waals surface area contributed by atoms with Crippen LogP contribution < -0.4 is 5.56 Å². The highest BCUT2D eigenvalue weighted by atomic mass is 35.5. The zero-order valence-corrected chi connectivity index (χ0v) is 17.1. The van der Waals surface area contributed by atoms with Crippen molar-refractivity contribution < 1.29 is 9.18 Å². The number of amides is 1. The molecule has 0 N–H and O–H groups in total. The molecule has 3 rings (SSSR count). The van der Waals surface area contributed by atoms with Crippen molar-refractivity contribution in [1.82, 2.24) is 14.7 Å². The molecule has 28 heavy (non-hydrogen) atoms. The van der Waals surface area contributed by atoms with E-state index in [-0.39, 0.29) is 35.7 Å². The van der Waals surface area contributed by atoms with E-state index in [9.17, 15) is 14.0 Å². The number of benzene rings is 1. The van der Waals surface area contributed by atoms with Crippen molar-refractivity contribution in [3.63, 3.8) is 0 Å². The van der Waals surface area contributed by atoms with E-state index in [1.54, 1.807) is 17.0 Å². The second kappa shape index (κ2) is 8.43. The van der Waals surface area contributed by atoms with Crippen molar-refractivity contribution in [1.29, 1.82) is 0 Å². The van der Waals surface area contributed by atoms with E-state index in [1.807, 2.05) is 0 Å². The maximum atomic E-state index is 14.5. The molecule has 0 saturated heterocycles. The Morgan fingerprint density at radius 1 is 1.29 bits per heavy atom. The summed E-state index contributed by atoms with van der Waals surface area (Å²) in [5.41, 5.74) is 0.174. The normalized spacial score (nSPS) is 22.1. The fraction of sp³-hybridized carbons (Fsp3) is 0.476. The third-order valence-corrected chi connectivity index (χ3v) is 6.25. The van der Waals surface area contributed by atoms with Crippen molar-refractivity contribution in [2.75, 3.05) is 0 Å². The van der Waals surface area contributed by atoms with Crippen LogP contribution in [0.15, 0.2) is 35.1 Å². The van der Waals surface area contributed by atoms with Gasteiger partial charge in [-0.25, -0.2) is 9.07 Å². The van der Waals surface area contributed by atoms with Crippen molar-refractivity contribution in [2.45, 2.75) is 45.7 Å². The SMILES string of the molecule is C[C@@H]1[C@H](C)CCC[C@@H]1N(Cc1c(F)cccc1Cl)C(=O)c1ccc(=O)n(C)n1. The smallest absolute Gasteiger partial charge is 0.274 e. The summed E-state index contributed by atoms with van der Waals surface area (Å²) in [6.07, 6.45) is 2.96. The van der Waals surface area contributed by atoms with Gasteiger partial charge in [0.2, 0.25) is 0 Å². The summed E-state index contributed by atoms with van der Waals surface area (Å²) in [5, 5.41) is 4.40. The average Bonchev–Trinajstić information content (AvgIpc) is 2.66. The van der Waals surface area contributed by atoms with Gasteiger partial charge in [-0.2, -0.15) is 5.10 Å². The summed E-state index contributed by atoms with van der Waals surface area (Å²) in [7, 11) is 1.50. The fourth-order valence-electron chi connectivity index (χ4n) is 3.95. The maximum Gasteiger partial charge on any atom is 0.274 e. The van der Waals surface area contributed by atoms with E-state index in [0.29, 0.717) is 16.5 Å². The molecule has 1 aliphatic rings. The molecule has 1 aromatic heterocycles. The van der Waals surface area contributed by atoms with Crippen LogP contribution in [-0.2, 0) is 13.6 Å². The molecule has 1 aromatic carbocycles. The molecule has 1 aliphatic carbocycles. The predicted octanol–water partition coefficient (Wildman–Crippen LogP) is 4.04. The van der Waals surface area contributed by atoms with Gasteiger partial charge in [-0.15, -0.1) is 0 Å². The number of hydrogen-bond acceptors (Lipinski definition) is 3. The Balaban J connectivity index is 2.01. The summed E-state index contributed by atoms with van der Waals surface area (Å²) >= 11 is 6.24. The zero-order valence-electron chi connectivity index (χ0n) is 16.4. The van der Waals surface area contributed by atoms with Crippen LogP contribution in [0.2, 0.25) is 5.02 Å². The zero-order chi connectivity index (χ0) is 20.4. The summed E-state index contributed by atoms with van der Waals surface area (Å²) in [5.74, 6) is -0.0369. The Hall–Kier alpha value is -2.21. The molecule has 2 aromatic rings. The van der Waals surface area contributed by atoms with E-state index in [4.69, 9.17) is 11.6 Å². The van der Waals surface area contributed by atoms with E-state index in [1.165, 1.54) is 25.2 Å². The second-order valence-corrected chi connectivity index (χ2v) is 8.06. The molecule has 0 unspecified atom stereocenters. The van der Waals surface area contributed by atoms with Crippen molar-refractivity contribution >= 4 is 17.5 Å². The molecule has 0 spiro atoms. The summed E-state index contributed by atoms with van der Waals surface area (Å²) < 4.78 is 15.6. The van der Waals surface area contributed by atoms with Crippen molar-refractivity contribution in [3.8, 4) is 0 Å². The molecule has 0 aliphatic heterocycles. The molecule has 0 radical (unpaired) electrons. The first-order valence-electron chi connectivity index (χ1n) is 9.57.